The van der Waals surface area contributed by atoms with Gasteiger partial charge in [0, 0.05) is 12.2 Å². The SMILES string of the molecule is CCC(N)Cc1ccc(-n2ccc(C(N)=O)n2)c(C)c1. The maximum atomic E-state index is 11.1. The van der Waals surface area contributed by atoms with E-state index in [1.165, 1.54) is 5.56 Å². The van der Waals surface area contributed by atoms with Crippen LogP contribution in [0.25, 0.3) is 5.69 Å². The average Bonchev–Trinajstić information content (AvgIpc) is 2.88. The molecule has 20 heavy (non-hydrogen) atoms. The second-order valence-corrected chi connectivity index (χ2v) is 5.00. The van der Waals surface area contributed by atoms with Gasteiger partial charge in [-0.3, -0.25) is 4.79 Å². The molecule has 1 heterocycles. The molecule has 106 valence electrons. The lowest BCUT2D eigenvalue weighted by Crippen LogP contribution is -2.21. The number of hydrogen-bond acceptors (Lipinski definition) is 3. The molecule has 0 aliphatic rings. The smallest absolute Gasteiger partial charge is 0.269 e. The summed E-state index contributed by atoms with van der Waals surface area (Å²) >= 11 is 0. The van der Waals surface area contributed by atoms with Crippen molar-refractivity contribution in [3.05, 3.63) is 47.3 Å². The zero-order valence-corrected chi connectivity index (χ0v) is 11.8. The number of carbonyl (C=O) groups is 1. The summed E-state index contributed by atoms with van der Waals surface area (Å²) in [6, 6.07) is 7.94. The van der Waals surface area contributed by atoms with Crippen LogP contribution in [0.1, 0.15) is 35.0 Å². The van der Waals surface area contributed by atoms with Gasteiger partial charge in [0.15, 0.2) is 0 Å². The van der Waals surface area contributed by atoms with Gasteiger partial charge in [0.1, 0.15) is 5.69 Å². The quantitative estimate of drug-likeness (QED) is 0.866. The number of primary amides is 1. The fourth-order valence-electron chi connectivity index (χ4n) is 2.14. The van der Waals surface area contributed by atoms with Gasteiger partial charge < -0.3 is 11.5 Å². The highest BCUT2D eigenvalue weighted by Crippen LogP contribution is 2.17. The zero-order valence-electron chi connectivity index (χ0n) is 11.8. The van der Waals surface area contributed by atoms with Crippen LogP contribution >= 0.6 is 0 Å². The van der Waals surface area contributed by atoms with E-state index in [1.807, 2.05) is 19.1 Å². The number of aromatic nitrogens is 2. The molecule has 0 aliphatic carbocycles. The van der Waals surface area contributed by atoms with Crippen LogP contribution in [0.15, 0.2) is 30.5 Å². The molecule has 2 aromatic rings. The van der Waals surface area contributed by atoms with Gasteiger partial charge in [-0.15, -0.1) is 0 Å². The number of benzene rings is 1. The number of rotatable bonds is 5. The van der Waals surface area contributed by atoms with E-state index in [2.05, 4.69) is 18.1 Å². The van der Waals surface area contributed by atoms with Gasteiger partial charge in [-0.1, -0.05) is 19.1 Å². The van der Waals surface area contributed by atoms with Crippen LogP contribution in [-0.4, -0.2) is 21.7 Å². The van der Waals surface area contributed by atoms with Crippen molar-refractivity contribution in [1.82, 2.24) is 9.78 Å². The maximum absolute atomic E-state index is 11.1. The first-order chi connectivity index (χ1) is 9.51. The van der Waals surface area contributed by atoms with Crippen LogP contribution in [0.4, 0.5) is 0 Å². The molecule has 1 aromatic heterocycles. The monoisotopic (exact) mass is 272 g/mol. The van der Waals surface area contributed by atoms with Gasteiger partial charge in [0.2, 0.25) is 0 Å². The summed E-state index contributed by atoms with van der Waals surface area (Å²) < 4.78 is 1.67. The second-order valence-electron chi connectivity index (χ2n) is 5.00. The molecule has 0 fully saturated rings. The molecule has 5 nitrogen and oxygen atoms in total. The largest absolute Gasteiger partial charge is 0.364 e. The standard InChI is InChI=1S/C15H20N4O/c1-3-12(16)9-11-4-5-14(10(2)8-11)19-7-6-13(18-19)15(17)20/h4-8,12H,3,9,16H2,1-2H3,(H2,17,20). The molecule has 0 aliphatic heterocycles. The van der Waals surface area contributed by atoms with Crippen LogP contribution in [-0.2, 0) is 6.42 Å². The van der Waals surface area contributed by atoms with Crippen molar-refractivity contribution >= 4 is 5.91 Å². The highest BCUT2D eigenvalue weighted by atomic mass is 16.1. The minimum absolute atomic E-state index is 0.186. The second kappa shape index (κ2) is 5.88. The summed E-state index contributed by atoms with van der Waals surface area (Å²) in [5, 5.41) is 4.17. The van der Waals surface area contributed by atoms with Crippen molar-refractivity contribution in [2.45, 2.75) is 32.7 Å². The summed E-state index contributed by atoms with van der Waals surface area (Å²) in [4.78, 5) is 11.1. The third kappa shape index (κ3) is 3.05. The van der Waals surface area contributed by atoms with Crippen molar-refractivity contribution in [1.29, 1.82) is 0 Å². The number of nitrogens with zero attached hydrogens (tertiary/aromatic N) is 2. The summed E-state index contributed by atoms with van der Waals surface area (Å²) in [5.74, 6) is -0.521. The van der Waals surface area contributed by atoms with E-state index in [0.717, 1.165) is 24.1 Å². The molecule has 5 heteroatoms. The van der Waals surface area contributed by atoms with Crippen LogP contribution in [0, 0.1) is 6.92 Å². The summed E-state index contributed by atoms with van der Waals surface area (Å²) in [5.41, 5.74) is 14.7. The molecule has 1 aromatic carbocycles. The van der Waals surface area contributed by atoms with E-state index in [9.17, 15) is 4.79 Å². The zero-order chi connectivity index (χ0) is 14.7. The molecule has 1 atom stereocenters. The Hall–Kier alpha value is -2.14. The van der Waals surface area contributed by atoms with Crippen molar-refractivity contribution in [2.75, 3.05) is 0 Å². The molecule has 0 radical (unpaired) electrons. The predicted octanol–water partition coefficient (Wildman–Crippen LogP) is 1.56. The molecule has 4 N–H and O–H groups in total. The van der Waals surface area contributed by atoms with Crippen LogP contribution in [0.3, 0.4) is 0 Å². The first-order valence-corrected chi connectivity index (χ1v) is 6.72. The molecular formula is C15H20N4O. The highest BCUT2D eigenvalue weighted by molar-refractivity contribution is 5.90. The van der Waals surface area contributed by atoms with Crippen molar-refractivity contribution in [3.8, 4) is 5.69 Å². The van der Waals surface area contributed by atoms with Crippen LogP contribution in [0.2, 0.25) is 0 Å². The molecule has 0 spiro atoms. The topological polar surface area (TPSA) is 86.9 Å². The Bertz CT molecular complexity index is 618. The Balaban J connectivity index is 2.26. The third-order valence-corrected chi connectivity index (χ3v) is 3.37. The fraction of sp³-hybridized carbons (Fsp3) is 0.333. The van der Waals surface area contributed by atoms with Gasteiger partial charge >= 0.3 is 0 Å². The van der Waals surface area contributed by atoms with Crippen molar-refractivity contribution in [2.24, 2.45) is 11.5 Å². The summed E-state index contributed by atoms with van der Waals surface area (Å²) in [6.45, 7) is 4.10. The maximum Gasteiger partial charge on any atom is 0.269 e. The fourth-order valence-corrected chi connectivity index (χ4v) is 2.14. The lowest BCUT2D eigenvalue weighted by molar-refractivity contribution is 0.0995. The number of amides is 1. The molecular weight excluding hydrogens is 252 g/mol. The van der Waals surface area contributed by atoms with Gasteiger partial charge in [-0.25, -0.2) is 4.68 Å². The molecule has 2 rings (SSSR count). The Labute approximate surface area is 118 Å². The van der Waals surface area contributed by atoms with Crippen molar-refractivity contribution in [3.63, 3.8) is 0 Å². The van der Waals surface area contributed by atoms with Crippen LogP contribution < -0.4 is 11.5 Å². The molecule has 0 saturated carbocycles. The van der Waals surface area contributed by atoms with E-state index in [-0.39, 0.29) is 11.7 Å². The number of aryl methyl sites for hydroxylation is 1. The lowest BCUT2D eigenvalue weighted by atomic mass is 10.0. The van der Waals surface area contributed by atoms with Gasteiger partial charge in [0.25, 0.3) is 5.91 Å². The van der Waals surface area contributed by atoms with Gasteiger partial charge in [0.05, 0.1) is 5.69 Å². The van der Waals surface area contributed by atoms with Crippen LogP contribution in [0.5, 0.6) is 0 Å². The summed E-state index contributed by atoms with van der Waals surface area (Å²) in [7, 11) is 0. The molecule has 1 unspecified atom stereocenters. The summed E-state index contributed by atoms with van der Waals surface area (Å²) in [6.07, 6.45) is 3.56. The Morgan fingerprint density at radius 1 is 1.40 bits per heavy atom. The Morgan fingerprint density at radius 2 is 2.15 bits per heavy atom. The molecule has 0 bridgehead atoms. The van der Waals surface area contributed by atoms with Gasteiger partial charge in [-0.05, 0) is 43.0 Å². The lowest BCUT2D eigenvalue weighted by Gasteiger charge is -2.12. The number of carbonyl (C=O) groups excluding carboxylic acids is 1. The molecule has 0 saturated heterocycles. The molecule has 1 amide bonds. The number of nitrogens with two attached hydrogens (primary N) is 2. The van der Waals surface area contributed by atoms with E-state index < -0.39 is 5.91 Å². The van der Waals surface area contributed by atoms with E-state index >= 15 is 0 Å². The normalized spacial score (nSPS) is 12.3. The Kier molecular flexibility index (Phi) is 4.20. The first kappa shape index (κ1) is 14.3. The van der Waals surface area contributed by atoms with E-state index in [4.69, 9.17) is 11.5 Å². The Morgan fingerprint density at radius 3 is 2.70 bits per heavy atom. The average molecular weight is 272 g/mol. The van der Waals surface area contributed by atoms with Gasteiger partial charge in [-0.2, -0.15) is 5.10 Å². The first-order valence-electron chi connectivity index (χ1n) is 6.72. The number of hydrogen-bond donors (Lipinski definition) is 2. The van der Waals surface area contributed by atoms with E-state index in [0.29, 0.717) is 0 Å². The minimum Gasteiger partial charge on any atom is -0.364 e. The third-order valence-electron chi connectivity index (χ3n) is 3.37. The predicted molar refractivity (Wildman–Crippen MR) is 78.8 cm³/mol. The minimum atomic E-state index is -0.521. The van der Waals surface area contributed by atoms with Crippen molar-refractivity contribution < 1.29 is 4.79 Å². The highest BCUT2D eigenvalue weighted by Gasteiger charge is 2.09. The van der Waals surface area contributed by atoms with E-state index in [1.54, 1.807) is 16.9 Å².